The van der Waals surface area contributed by atoms with Gasteiger partial charge in [0.05, 0.1) is 23.8 Å². The maximum Gasteiger partial charge on any atom is 0.408 e. The third-order valence-corrected chi connectivity index (χ3v) is 11.2. The third kappa shape index (κ3) is 9.65. The van der Waals surface area contributed by atoms with E-state index in [-0.39, 0.29) is 37.8 Å². The second-order valence-electron chi connectivity index (χ2n) is 14.7. The number of alkyl carbamates (subject to hydrolysis) is 1. The fourth-order valence-corrected chi connectivity index (χ4v) is 7.81. The molecule has 16 heteroatoms. The van der Waals surface area contributed by atoms with Gasteiger partial charge in [-0.05, 0) is 77.0 Å². The molecule has 5 unspecified atom stereocenters. The quantitative estimate of drug-likeness (QED) is 0.225. The number of hydrogen-bond acceptors (Lipinski definition) is 10. The number of esters is 1. The Labute approximate surface area is 296 Å². The largest absolute Gasteiger partial charge is 0.481 e. The van der Waals surface area contributed by atoms with Gasteiger partial charge in [-0.1, -0.05) is 37.1 Å². The fourth-order valence-electron chi connectivity index (χ4n) is 6.45. The maximum absolute atomic E-state index is 14.2. The molecule has 0 aromatic heterocycles. The molecule has 278 valence electrons. The van der Waals surface area contributed by atoms with Gasteiger partial charge in [-0.25, -0.2) is 18.0 Å². The Morgan fingerprint density at radius 2 is 1.75 bits per heavy atom. The number of nitrogens with zero attached hydrogens (tertiary/aromatic N) is 1. The van der Waals surface area contributed by atoms with Gasteiger partial charge in [0.1, 0.15) is 29.3 Å². The van der Waals surface area contributed by atoms with E-state index < -0.39 is 86.3 Å². The minimum atomic E-state index is -3.92. The van der Waals surface area contributed by atoms with Gasteiger partial charge in [0, 0.05) is 12.3 Å². The van der Waals surface area contributed by atoms with Crippen LogP contribution in [0.3, 0.4) is 0 Å². The SMILES string of the molecule is CC(C)(C)OC(=O)NC1CCCCCC=CC2CC2(C(=O)NS(=O)(=O)C2CC2)NC(=O)C2CC(OC(=O)c3ccc(CC(=O)O)cc3)CN2C1=O. The topological polar surface area (TPSA) is 215 Å². The first kappa shape index (κ1) is 37.8. The van der Waals surface area contributed by atoms with Crippen molar-refractivity contribution in [3.63, 3.8) is 0 Å². The van der Waals surface area contributed by atoms with Gasteiger partial charge in [-0.3, -0.25) is 23.9 Å². The highest BCUT2D eigenvalue weighted by atomic mass is 32.2. The smallest absolute Gasteiger partial charge is 0.408 e. The molecular weight excluding hydrogens is 684 g/mol. The second-order valence-corrected chi connectivity index (χ2v) is 16.7. The molecule has 15 nitrogen and oxygen atoms in total. The Bertz CT molecular complexity index is 1680. The number of amides is 4. The summed E-state index contributed by atoms with van der Waals surface area (Å²) in [6.07, 6.45) is 5.52. The predicted molar refractivity (Wildman–Crippen MR) is 182 cm³/mol. The number of sulfonamides is 1. The highest BCUT2D eigenvalue weighted by Gasteiger charge is 2.62. The molecule has 2 aliphatic carbocycles. The van der Waals surface area contributed by atoms with Gasteiger partial charge in [-0.2, -0.15) is 0 Å². The Balaban J connectivity index is 1.41. The summed E-state index contributed by atoms with van der Waals surface area (Å²) in [6.45, 7) is 4.85. The number of hydrogen-bond donors (Lipinski definition) is 4. The molecule has 0 spiro atoms. The van der Waals surface area contributed by atoms with Gasteiger partial charge in [0.25, 0.3) is 5.91 Å². The molecule has 2 heterocycles. The number of carbonyl (C=O) groups excluding carboxylic acids is 5. The molecule has 0 bridgehead atoms. The van der Waals surface area contributed by atoms with E-state index in [0.29, 0.717) is 37.7 Å². The molecule has 1 aromatic rings. The van der Waals surface area contributed by atoms with Crippen molar-refractivity contribution < 1.29 is 51.8 Å². The first-order valence-corrected chi connectivity index (χ1v) is 18.9. The van der Waals surface area contributed by atoms with E-state index in [2.05, 4.69) is 15.4 Å². The lowest BCUT2D eigenvalue weighted by Gasteiger charge is -2.30. The van der Waals surface area contributed by atoms with Crippen LogP contribution in [0.1, 0.15) is 94.5 Å². The molecule has 4 amide bonds. The average Bonchev–Trinajstić information content (AvgIpc) is 3.95. The molecule has 2 aliphatic heterocycles. The van der Waals surface area contributed by atoms with Crippen molar-refractivity contribution in [1.29, 1.82) is 0 Å². The zero-order valence-electron chi connectivity index (χ0n) is 29.0. The Morgan fingerprint density at radius 1 is 1.04 bits per heavy atom. The monoisotopic (exact) mass is 730 g/mol. The Kier molecular flexibility index (Phi) is 11.1. The molecule has 1 saturated heterocycles. The molecule has 0 radical (unpaired) electrons. The van der Waals surface area contributed by atoms with Crippen LogP contribution in [0.5, 0.6) is 0 Å². The lowest BCUT2D eigenvalue weighted by Crippen LogP contribution is -2.58. The second kappa shape index (κ2) is 15.0. The van der Waals surface area contributed by atoms with Gasteiger partial charge in [-0.15, -0.1) is 0 Å². The summed E-state index contributed by atoms with van der Waals surface area (Å²) >= 11 is 0. The summed E-state index contributed by atoms with van der Waals surface area (Å²) in [4.78, 5) is 80.2. The average molecular weight is 731 g/mol. The van der Waals surface area contributed by atoms with E-state index in [0.717, 1.165) is 6.42 Å². The molecule has 5 rings (SSSR count). The minimum Gasteiger partial charge on any atom is -0.481 e. The summed E-state index contributed by atoms with van der Waals surface area (Å²) in [5, 5.41) is 13.8. The van der Waals surface area contributed by atoms with Gasteiger partial charge in [0.15, 0.2) is 0 Å². The van der Waals surface area contributed by atoms with Crippen LogP contribution in [0.25, 0.3) is 0 Å². The van der Waals surface area contributed by atoms with Crippen molar-refractivity contribution in [3.8, 4) is 0 Å². The minimum absolute atomic E-state index is 0.133. The Hall–Kier alpha value is -4.47. The van der Waals surface area contributed by atoms with E-state index >= 15 is 0 Å². The number of rotatable bonds is 8. The number of benzene rings is 1. The Morgan fingerprint density at radius 3 is 2.39 bits per heavy atom. The third-order valence-electron chi connectivity index (χ3n) is 9.35. The molecule has 51 heavy (non-hydrogen) atoms. The van der Waals surface area contributed by atoms with Crippen LogP contribution < -0.4 is 15.4 Å². The van der Waals surface area contributed by atoms with Gasteiger partial charge in [0.2, 0.25) is 21.8 Å². The molecule has 1 aromatic carbocycles. The standard InChI is InChI=1S/C35H46N4O11S/c1-34(2,3)50-33(46)36-26-10-8-6-4-5-7-9-23-19-35(23,32(45)38-51(47,48)25-15-16-25)37-29(42)27-18-24(20-39(27)30(26)43)49-31(44)22-13-11-21(12-14-22)17-28(40)41/h7,9,11-14,23-27H,4-6,8,10,15-20H2,1-3H3,(H,36,46)(H,37,42)(H,38,45)(H,40,41). The van der Waals surface area contributed by atoms with E-state index in [4.69, 9.17) is 14.6 Å². The number of nitrogens with one attached hydrogen (secondary N) is 3. The normalized spacial score (nSPS) is 27.1. The highest BCUT2D eigenvalue weighted by molar-refractivity contribution is 7.91. The number of fused-ring (bicyclic) bond motifs is 2. The van der Waals surface area contributed by atoms with Crippen molar-refractivity contribution in [1.82, 2.24) is 20.3 Å². The van der Waals surface area contributed by atoms with E-state index in [1.807, 2.05) is 6.08 Å². The number of ether oxygens (including phenoxy) is 2. The zero-order valence-corrected chi connectivity index (χ0v) is 29.8. The summed E-state index contributed by atoms with van der Waals surface area (Å²) < 4.78 is 38.7. The number of carboxylic acid groups (broad SMARTS) is 1. The van der Waals surface area contributed by atoms with Gasteiger partial charge < -0.3 is 30.1 Å². The van der Waals surface area contributed by atoms with E-state index in [1.165, 1.54) is 29.2 Å². The highest BCUT2D eigenvalue weighted by Crippen LogP contribution is 2.46. The maximum atomic E-state index is 14.2. The van der Waals surface area contributed by atoms with Gasteiger partial charge >= 0.3 is 18.0 Å². The van der Waals surface area contributed by atoms with Crippen molar-refractivity contribution in [2.75, 3.05) is 6.54 Å². The van der Waals surface area contributed by atoms with E-state index in [9.17, 15) is 37.2 Å². The van der Waals surface area contributed by atoms with Crippen molar-refractivity contribution in [2.24, 2.45) is 5.92 Å². The first-order valence-electron chi connectivity index (χ1n) is 17.3. The van der Waals surface area contributed by atoms with Crippen LogP contribution >= 0.6 is 0 Å². The summed E-state index contributed by atoms with van der Waals surface area (Å²) in [5.74, 6) is -4.45. The van der Waals surface area contributed by atoms with Crippen LogP contribution in [0.4, 0.5) is 4.79 Å². The molecule has 4 aliphatic rings. The van der Waals surface area contributed by atoms with Crippen LogP contribution in [-0.2, 0) is 45.1 Å². The lowest BCUT2D eigenvalue weighted by atomic mass is 10.0. The van der Waals surface area contributed by atoms with Crippen LogP contribution in [-0.4, -0.2) is 95.3 Å². The zero-order chi connectivity index (χ0) is 37.1. The van der Waals surface area contributed by atoms with Crippen molar-refractivity contribution in [3.05, 3.63) is 47.5 Å². The lowest BCUT2D eigenvalue weighted by molar-refractivity contribution is -0.141. The predicted octanol–water partition coefficient (Wildman–Crippen LogP) is 2.34. The molecule has 5 atom stereocenters. The first-order chi connectivity index (χ1) is 24.0. The summed E-state index contributed by atoms with van der Waals surface area (Å²) in [7, 11) is -3.92. The van der Waals surface area contributed by atoms with Crippen LogP contribution in [0, 0.1) is 5.92 Å². The van der Waals surface area contributed by atoms with E-state index in [1.54, 1.807) is 26.8 Å². The molecule has 4 N–H and O–H groups in total. The molecular formula is C35H46N4O11S. The number of carbonyl (C=O) groups is 6. The number of allylic oxidation sites excluding steroid dienone is 1. The van der Waals surface area contributed by atoms with Crippen molar-refractivity contribution >= 4 is 45.8 Å². The summed E-state index contributed by atoms with van der Waals surface area (Å²) in [5.41, 5.74) is -1.80. The number of aliphatic carboxylic acids is 1. The fraction of sp³-hybridized carbons (Fsp3) is 0.600. The number of carboxylic acids is 1. The van der Waals surface area contributed by atoms with Crippen LogP contribution in [0.2, 0.25) is 0 Å². The van der Waals surface area contributed by atoms with Crippen molar-refractivity contribution in [2.45, 2.75) is 120 Å². The molecule has 2 saturated carbocycles. The van der Waals surface area contributed by atoms with Crippen LogP contribution in [0.15, 0.2) is 36.4 Å². The summed E-state index contributed by atoms with van der Waals surface area (Å²) in [6, 6.07) is 3.50. The molecule has 3 fully saturated rings.